The van der Waals surface area contributed by atoms with Crippen LogP contribution in [0.25, 0.3) is 49.9 Å². The number of hydrogen-bond acceptors (Lipinski definition) is 1. The summed E-state index contributed by atoms with van der Waals surface area (Å²) >= 11 is 0. The highest BCUT2D eigenvalue weighted by atomic mass is 15.0. The van der Waals surface area contributed by atoms with Gasteiger partial charge in [0.2, 0.25) is 0 Å². The normalized spacial score (nSPS) is 11.3. The zero-order valence-corrected chi connectivity index (χ0v) is 21.9. The van der Waals surface area contributed by atoms with Gasteiger partial charge in [-0.15, -0.1) is 0 Å². The minimum absolute atomic E-state index is 0.860. The second-order valence-corrected chi connectivity index (χ2v) is 10.1. The maximum absolute atomic E-state index is 4.87. The third kappa shape index (κ3) is 4.20. The van der Waals surface area contributed by atoms with Crippen molar-refractivity contribution in [2.75, 3.05) is 0 Å². The second kappa shape index (κ2) is 9.74. The van der Waals surface area contributed by atoms with Gasteiger partial charge in [0.1, 0.15) is 0 Å². The molecule has 0 aliphatic carbocycles. The van der Waals surface area contributed by atoms with E-state index in [9.17, 15) is 0 Å². The minimum Gasteiger partial charge on any atom is -0.309 e. The number of rotatable bonds is 5. The van der Waals surface area contributed by atoms with Crippen LogP contribution in [0, 0.1) is 6.92 Å². The summed E-state index contributed by atoms with van der Waals surface area (Å²) in [4.78, 5) is 4.87. The first-order chi connectivity index (χ1) is 19.3. The van der Waals surface area contributed by atoms with Crippen LogP contribution in [0.2, 0.25) is 0 Å². The molecule has 2 aromatic heterocycles. The van der Waals surface area contributed by atoms with Gasteiger partial charge in [0.25, 0.3) is 0 Å². The average molecular weight is 501 g/mol. The molecule has 0 spiro atoms. The molecule has 0 saturated carbocycles. The van der Waals surface area contributed by atoms with Crippen molar-refractivity contribution < 1.29 is 0 Å². The van der Waals surface area contributed by atoms with Crippen LogP contribution < -0.4 is 0 Å². The molecular formula is C37H28N2. The molecule has 0 saturated heterocycles. The summed E-state index contributed by atoms with van der Waals surface area (Å²) in [5.74, 6) is 0. The van der Waals surface area contributed by atoms with Gasteiger partial charge in [0, 0.05) is 28.2 Å². The molecule has 0 aliphatic rings. The molecule has 39 heavy (non-hydrogen) atoms. The third-order valence-corrected chi connectivity index (χ3v) is 7.64. The van der Waals surface area contributed by atoms with Crippen molar-refractivity contribution >= 4 is 21.8 Å². The van der Waals surface area contributed by atoms with Gasteiger partial charge in [0.15, 0.2) is 0 Å². The van der Waals surface area contributed by atoms with Gasteiger partial charge < -0.3 is 4.57 Å². The van der Waals surface area contributed by atoms with Gasteiger partial charge in [0.05, 0.1) is 16.7 Å². The predicted molar refractivity (Wildman–Crippen MR) is 163 cm³/mol. The Morgan fingerprint density at radius 3 is 2.13 bits per heavy atom. The Balaban J connectivity index is 1.36. The maximum atomic E-state index is 4.87. The van der Waals surface area contributed by atoms with Crippen LogP contribution in [0.15, 0.2) is 140 Å². The van der Waals surface area contributed by atoms with E-state index in [1.165, 1.54) is 60.9 Å². The highest BCUT2D eigenvalue weighted by molar-refractivity contribution is 6.10. The highest BCUT2D eigenvalue weighted by Crippen LogP contribution is 2.36. The van der Waals surface area contributed by atoms with E-state index >= 15 is 0 Å². The molecule has 2 heterocycles. The van der Waals surface area contributed by atoms with E-state index in [4.69, 9.17) is 4.98 Å². The van der Waals surface area contributed by atoms with Crippen LogP contribution in [0.1, 0.15) is 16.7 Å². The fourth-order valence-electron chi connectivity index (χ4n) is 5.70. The highest BCUT2D eigenvalue weighted by Gasteiger charge is 2.15. The molecule has 0 fully saturated rings. The van der Waals surface area contributed by atoms with E-state index in [1.807, 2.05) is 12.3 Å². The van der Waals surface area contributed by atoms with Crippen molar-refractivity contribution in [3.05, 3.63) is 156 Å². The molecule has 7 rings (SSSR count). The van der Waals surface area contributed by atoms with E-state index in [0.29, 0.717) is 0 Å². The van der Waals surface area contributed by atoms with Gasteiger partial charge in [-0.25, -0.2) is 0 Å². The van der Waals surface area contributed by atoms with Crippen molar-refractivity contribution in [2.24, 2.45) is 0 Å². The number of hydrogen-bond donors (Lipinski definition) is 0. The lowest BCUT2D eigenvalue weighted by Gasteiger charge is -2.13. The van der Waals surface area contributed by atoms with Crippen LogP contribution in [0.4, 0.5) is 0 Å². The Bertz CT molecular complexity index is 1930. The Morgan fingerprint density at radius 2 is 1.28 bits per heavy atom. The zero-order valence-electron chi connectivity index (χ0n) is 21.9. The molecule has 5 aromatic carbocycles. The summed E-state index contributed by atoms with van der Waals surface area (Å²) in [5, 5.41) is 2.53. The SMILES string of the molecule is Cc1ccc(-c2ccc3c(c2)c2ccccc2n3-c2ccccc2)cc1-c1ncccc1Cc1ccccc1. The van der Waals surface area contributed by atoms with Crippen LogP contribution in [0.3, 0.4) is 0 Å². The van der Waals surface area contributed by atoms with E-state index < -0.39 is 0 Å². The van der Waals surface area contributed by atoms with Crippen LogP contribution in [-0.2, 0) is 6.42 Å². The number of fused-ring (bicyclic) bond motifs is 3. The van der Waals surface area contributed by atoms with E-state index in [2.05, 4.69) is 139 Å². The van der Waals surface area contributed by atoms with Crippen LogP contribution in [0.5, 0.6) is 0 Å². The van der Waals surface area contributed by atoms with E-state index in [0.717, 1.165) is 12.1 Å². The minimum atomic E-state index is 0.860. The summed E-state index contributed by atoms with van der Waals surface area (Å²) in [6.07, 6.45) is 2.76. The first kappa shape index (κ1) is 23.2. The molecule has 0 unspecified atom stereocenters. The molecule has 0 N–H and O–H groups in total. The number of benzene rings is 5. The summed E-state index contributed by atoms with van der Waals surface area (Å²) in [6, 6.07) is 47.8. The van der Waals surface area contributed by atoms with Gasteiger partial charge in [-0.2, -0.15) is 0 Å². The predicted octanol–water partition coefficient (Wildman–Crippen LogP) is 9.41. The molecule has 2 heteroatoms. The van der Waals surface area contributed by atoms with Crippen molar-refractivity contribution in [3.8, 4) is 28.1 Å². The quantitative estimate of drug-likeness (QED) is 0.230. The number of aryl methyl sites for hydroxylation is 1. The number of para-hydroxylation sites is 2. The summed E-state index contributed by atoms with van der Waals surface area (Å²) in [6.45, 7) is 2.18. The molecule has 0 aliphatic heterocycles. The van der Waals surface area contributed by atoms with Gasteiger partial charge >= 0.3 is 0 Å². The fraction of sp³-hybridized carbons (Fsp3) is 0.0541. The largest absolute Gasteiger partial charge is 0.309 e. The van der Waals surface area contributed by atoms with Crippen molar-refractivity contribution in [2.45, 2.75) is 13.3 Å². The molecule has 0 radical (unpaired) electrons. The zero-order chi connectivity index (χ0) is 26.2. The molecule has 7 aromatic rings. The Morgan fingerprint density at radius 1 is 0.590 bits per heavy atom. The van der Waals surface area contributed by atoms with Crippen molar-refractivity contribution in [1.82, 2.24) is 9.55 Å². The molecule has 2 nitrogen and oxygen atoms in total. The summed E-state index contributed by atoms with van der Waals surface area (Å²) in [7, 11) is 0. The van der Waals surface area contributed by atoms with E-state index in [-0.39, 0.29) is 0 Å². The van der Waals surface area contributed by atoms with Crippen LogP contribution in [-0.4, -0.2) is 9.55 Å². The van der Waals surface area contributed by atoms with Gasteiger partial charge in [-0.05, 0) is 83.6 Å². The average Bonchev–Trinajstić information content (AvgIpc) is 3.33. The van der Waals surface area contributed by atoms with Gasteiger partial charge in [-0.3, -0.25) is 4.98 Å². The lowest BCUT2D eigenvalue weighted by molar-refractivity contribution is 1.15. The first-order valence-electron chi connectivity index (χ1n) is 13.4. The maximum Gasteiger partial charge on any atom is 0.0740 e. The molecule has 186 valence electrons. The Kier molecular flexibility index (Phi) is 5.79. The monoisotopic (exact) mass is 500 g/mol. The Hall–Kier alpha value is -4.95. The molecule has 0 amide bonds. The van der Waals surface area contributed by atoms with Crippen molar-refractivity contribution in [3.63, 3.8) is 0 Å². The second-order valence-electron chi connectivity index (χ2n) is 10.1. The third-order valence-electron chi connectivity index (χ3n) is 7.64. The smallest absolute Gasteiger partial charge is 0.0740 e. The number of nitrogens with zero attached hydrogens (tertiary/aromatic N) is 2. The molecule has 0 atom stereocenters. The Labute approximate surface area is 228 Å². The lowest BCUT2D eigenvalue weighted by Crippen LogP contribution is -1.97. The van der Waals surface area contributed by atoms with Crippen molar-refractivity contribution in [1.29, 1.82) is 0 Å². The first-order valence-corrected chi connectivity index (χ1v) is 13.4. The lowest BCUT2D eigenvalue weighted by atomic mass is 9.93. The fourth-order valence-corrected chi connectivity index (χ4v) is 5.70. The molecular weight excluding hydrogens is 472 g/mol. The van der Waals surface area contributed by atoms with Gasteiger partial charge in [-0.1, -0.05) is 91.0 Å². The number of pyridine rings is 1. The summed E-state index contributed by atoms with van der Waals surface area (Å²) in [5.41, 5.74) is 12.0. The van der Waals surface area contributed by atoms with E-state index in [1.54, 1.807) is 0 Å². The standard InChI is InChI=1S/C37H28N2/c1-26-18-19-28(24-33(26)37-30(13-10-22-38-37)23-27-11-4-2-5-12-27)29-20-21-36-34(25-29)32-16-8-9-17-35(32)39(36)31-14-6-3-7-15-31/h2-22,24-25H,23H2,1H3. The topological polar surface area (TPSA) is 17.8 Å². The van der Waals surface area contributed by atoms with Crippen LogP contribution >= 0.6 is 0 Å². The number of aromatic nitrogens is 2. The summed E-state index contributed by atoms with van der Waals surface area (Å²) < 4.78 is 2.36. The molecule has 0 bridgehead atoms.